The highest BCUT2D eigenvalue weighted by Gasteiger charge is 2.42. The van der Waals surface area contributed by atoms with Gasteiger partial charge in [-0.3, -0.25) is 9.48 Å². The number of nitrogens with zero attached hydrogens (tertiary/aromatic N) is 3. The highest BCUT2D eigenvalue weighted by Crippen LogP contribution is 2.41. The zero-order chi connectivity index (χ0) is 15.5. The first-order chi connectivity index (χ1) is 10.7. The number of hydrogen-bond acceptors (Lipinski definition) is 4. The van der Waals surface area contributed by atoms with Crippen molar-refractivity contribution in [1.29, 1.82) is 0 Å². The zero-order valence-electron chi connectivity index (χ0n) is 13.9. The molecule has 2 fully saturated rings. The van der Waals surface area contributed by atoms with Crippen LogP contribution in [0.25, 0.3) is 0 Å². The summed E-state index contributed by atoms with van der Waals surface area (Å²) in [6.07, 6.45) is 9.50. The number of halogens is 1. The summed E-state index contributed by atoms with van der Waals surface area (Å²) in [6, 6.07) is 0.300. The Morgan fingerprint density at radius 1 is 1.43 bits per heavy atom. The summed E-state index contributed by atoms with van der Waals surface area (Å²) < 4.78 is 1.68. The lowest BCUT2D eigenvalue weighted by Gasteiger charge is -2.19. The van der Waals surface area contributed by atoms with Crippen LogP contribution >= 0.6 is 24.2 Å². The van der Waals surface area contributed by atoms with Crippen LogP contribution in [-0.2, 0) is 7.05 Å². The van der Waals surface area contributed by atoms with E-state index in [1.807, 2.05) is 18.8 Å². The smallest absolute Gasteiger partial charge is 0.254 e. The maximum Gasteiger partial charge on any atom is 0.254 e. The Bertz CT molecular complexity index is 520. The number of amides is 1. The summed E-state index contributed by atoms with van der Waals surface area (Å²) >= 11 is 1.91. The van der Waals surface area contributed by atoms with Crippen molar-refractivity contribution in [3.8, 4) is 0 Å². The average Bonchev–Trinajstić information content (AvgIpc) is 3.12. The van der Waals surface area contributed by atoms with Gasteiger partial charge in [-0.05, 0) is 49.7 Å². The van der Waals surface area contributed by atoms with Gasteiger partial charge in [0.25, 0.3) is 5.91 Å². The van der Waals surface area contributed by atoms with Gasteiger partial charge in [0.1, 0.15) is 0 Å². The zero-order valence-corrected chi connectivity index (χ0v) is 15.5. The van der Waals surface area contributed by atoms with Crippen LogP contribution in [0.5, 0.6) is 0 Å². The van der Waals surface area contributed by atoms with Gasteiger partial charge in [0, 0.05) is 32.4 Å². The molecular weight excluding hydrogens is 332 g/mol. The first kappa shape index (κ1) is 18.6. The number of carbonyl (C=O) groups excluding carboxylic acids is 1. The molecule has 2 atom stereocenters. The van der Waals surface area contributed by atoms with Crippen LogP contribution in [0.4, 0.5) is 0 Å². The second-order valence-corrected chi connectivity index (χ2v) is 7.58. The maximum atomic E-state index is 12.4. The molecule has 2 heterocycles. The third kappa shape index (κ3) is 4.88. The molecule has 1 aromatic heterocycles. The third-order valence-corrected chi connectivity index (χ3v) is 5.47. The minimum absolute atomic E-state index is 0. The highest BCUT2D eigenvalue weighted by molar-refractivity contribution is 7.98. The van der Waals surface area contributed by atoms with E-state index in [2.05, 4.69) is 21.6 Å². The van der Waals surface area contributed by atoms with Crippen molar-refractivity contribution in [3.05, 3.63) is 18.0 Å². The topological polar surface area (TPSA) is 50.2 Å². The molecule has 1 aromatic rings. The largest absolute Gasteiger partial charge is 0.348 e. The van der Waals surface area contributed by atoms with Crippen LogP contribution in [0.15, 0.2) is 12.4 Å². The number of aryl methyl sites for hydroxylation is 1. The quantitative estimate of drug-likeness (QED) is 0.758. The lowest BCUT2D eigenvalue weighted by Crippen LogP contribution is -2.41. The third-order valence-electron chi connectivity index (χ3n) is 4.77. The predicted octanol–water partition coefficient (Wildman–Crippen LogP) is 2.04. The monoisotopic (exact) mass is 358 g/mol. The van der Waals surface area contributed by atoms with Crippen molar-refractivity contribution >= 4 is 30.1 Å². The molecule has 23 heavy (non-hydrogen) atoms. The molecule has 0 bridgehead atoms. The molecule has 0 spiro atoms. The highest BCUT2D eigenvalue weighted by atomic mass is 35.5. The van der Waals surface area contributed by atoms with Crippen molar-refractivity contribution in [1.82, 2.24) is 20.0 Å². The lowest BCUT2D eigenvalue weighted by molar-refractivity contribution is 0.0928. The lowest BCUT2D eigenvalue weighted by atomic mass is 9.98. The van der Waals surface area contributed by atoms with Gasteiger partial charge in [0.2, 0.25) is 0 Å². The van der Waals surface area contributed by atoms with Gasteiger partial charge in [0.05, 0.1) is 11.8 Å². The molecule has 1 aliphatic heterocycles. The second kappa shape index (κ2) is 8.40. The van der Waals surface area contributed by atoms with E-state index in [1.54, 1.807) is 17.1 Å². The fraction of sp³-hybridized carbons (Fsp3) is 0.750. The molecule has 1 saturated heterocycles. The van der Waals surface area contributed by atoms with E-state index in [1.165, 1.54) is 25.0 Å². The van der Waals surface area contributed by atoms with Crippen LogP contribution < -0.4 is 5.32 Å². The maximum absolute atomic E-state index is 12.4. The van der Waals surface area contributed by atoms with Gasteiger partial charge in [0.15, 0.2) is 0 Å². The van der Waals surface area contributed by atoms with E-state index in [9.17, 15) is 4.79 Å². The second-order valence-electron chi connectivity index (χ2n) is 6.59. The van der Waals surface area contributed by atoms with E-state index in [4.69, 9.17) is 0 Å². The van der Waals surface area contributed by atoms with E-state index < -0.39 is 0 Å². The van der Waals surface area contributed by atoms with Crippen molar-refractivity contribution in [2.45, 2.75) is 25.3 Å². The van der Waals surface area contributed by atoms with Crippen LogP contribution in [0, 0.1) is 11.8 Å². The molecule has 1 amide bonds. The van der Waals surface area contributed by atoms with Gasteiger partial charge in [-0.1, -0.05) is 0 Å². The van der Waals surface area contributed by atoms with Crippen LogP contribution in [0.3, 0.4) is 0 Å². The van der Waals surface area contributed by atoms with E-state index in [0.29, 0.717) is 17.5 Å². The molecule has 1 saturated carbocycles. The molecule has 1 aliphatic carbocycles. The van der Waals surface area contributed by atoms with Gasteiger partial charge in [-0.15, -0.1) is 12.4 Å². The molecular formula is C16H27ClN4OS. The van der Waals surface area contributed by atoms with Crippen LogP contribution in [0.2, 0.25) is 0 Å². The van der Waals surface area contributed by atoms with Crippen LogP contribution in [0.1, 0.15) is 29.6 Å². The number of hydrogen-bond donors (Lipinski definition) is 1. The Kier molecular flexibility index (Phi) is 6.80. The molecule has 0 aromatic carbocycles. The minimum atomic E-state index is 0. The summed E-state index contributed by atoms with van der Waals surface area (Å²) in [5.74, 6) is 2.70. The van der Waals surface area contributed by atoms with Gasteiger partial charge in [-0.2, -0.15) is 16.9 Å². The van der Waals surface area contributed by atoms with E-state index in [0.717, 1.165) is 25.6 Å². The number of thioether (sulfide) groups is 1. The van der Waals surface area contributed by atoms with Crippen molar-refractivity contribution < 1.29 is 4.79 Å². The molecule has 2 aliphatic rings. The van der Waals surface area contributed by atoms with Gasteiger partial charge >= 0.3 is 0 Å². The Morgan fingerprint density at radius 2 is 2.22 bits per heavy atom. The summed E-state index contributed by atoms with van der Waals surface area (Å²) in [7, 11) is 1.84. The molecule has 0 radical (unpaired) electrons. The van der Waals surface area contributed by atoms with Crippen molar-refractivity contribution in [3.63, 3.8) is 0 Å². The molecule has 5 nitrogen and oxygen atoms in total. The fourth-order valence-electron chi connectivity index (χ4n) is 3.47. The normalized spacial score (nSPS) is 24.4. The molecule has 7 heteroatoms. The Morgan fingerprint density at radius 3 is 2.83 bits per heavy atom. The number of rotatable bonds is 7. The van der Waals surface area contributed by atoms with Crippen molar-refractivity contribution in [2.75, 3.05) is 31.6 Å². The number of carbonyl (C=O) groups is 1. The van der Waals surface area contributed by atoms with E-state index in [-0.39, 0.29) is 18.3 Å². The summed E-state index contributed by atoms with van der Waals surface area (Å²) in [4.78, 5) is 14.9. The molecule has 3 rings (SSSR count). The van der Waals surface area contributed by atoms with Crippen LogP contribution in [-0.4, -0.2) is 58.3 Å². The molecule has 0 unspecified atom stereocenters. The fourth-order valence-corrected chi connectivity index (χ4v) is 3.89. The standard InChI is InChI=1S/C16H26N4OS.ClH/c1-19-9-13(8-17-19)16(21)18-15-11-20(6-3-7-22-2)10-14(15)12-4-5-12;/h8-9,12,14-15H,3-7,10-11H2,1-2H3,(H,18,21);1H/t14-,15+;/m1./s1. The average molecular weight is 359 g/mol. The Hall–Kier alpha value is -0.720. The Labute approximate surface area is 149 Å². The summed E-state index contributed by atoms with van der Waals surface area (Å²) in [5.41, 5.74) is 0.665. The SMILES string of the molecule is CSCCCN1C[C@H](NC(=O)c2cnn(C)c2)[C@@H](C2CC2)C1.Cl. The summed E-state index contributed by atoms with van der Waals surface area (Å²) in [5, 5.41) is 7.35. The number of likely N-dealkylation sites (tertiary alicyclic amines) is 1. The first-order valence-corrected chi connectivity index (χ1v) is 9.57. The van der Waals surface area contributed by atoms with Crippen molar-refractivity contribution in [2.24, 2.45) is 18.9 Å². The van der Waals surface area contributed by atoms with E-state index >= 15 is 0 Å². The first-order valence-electron chi connectivity index (χ1n) is 8.18. The number of aromatic nitrogens is 2. The number of nitrogens with one attached hydrogen (secondary N) is 1. The summed E-state index contributed by atoms with van der Waals surface area (Å²) in [6.45, 7) is 3.31. The molecule has 1 N–H and O–H groups in total. The van der Waals surface area contributed by atoms with Gasteiger partial charge in [-0.25, -0.2) is 0 Å². The minimum Gasteiger partial charge on any atom is -0.348 e. The Balaban J connectivity index is 0.00000192. The van der Waals surface area contributed by atoms with Gasteiger partial charge < -0.3 is 10.2 Å². The predicted molar refractivity (Wildman–Crippen MR) is 97.4 cm³/mol. The molecule has 130 valence electrons.